The highest BCUT2D eigenvalue weighted by Crippen LogP contribution is 2.25. The van der Waals surface area contributed by atoms with Crippen LogP contribution in [0.2, 0.25) is 0 Å². The molecule has 1 aromatic carbocycles. The van der Waals surface area contributed by atoms with E-state index in [4.69, 9.17) is 5.73 Å². The van der Waals surface area contributed by atoms with Gasteiger partial charge < -0.3 is 5.73 Å². The van der Waals surface area contributed by atoms with Gasteiger partial charge in [0.15, 0.2) is 0 Å². The predicted octanol–water partition coefficient (Wildman–Crippen LogP) is 3.02. The van der Waals surface area contributed by atoms with Crippen LogP contribution in [0.3, 0.4) is 0 Å². The van der Waals surface area contributed by atoms with E-state index in [9.17, 15) is 0 Å². The third-order valence-corrected chi connectivity index (χ3v) is 3.84. The molecule has 90 valence electrons. The molecular weight excluding hydrogens is 230 g/mol. The molecule has 0 fully saturated rings. The van der Waals surface area contributed by atoms with E-state index in [2.05, 4.69) is 47.7 Å². The van der Waals surface area contributed by atoms with Crippen molar-refractivity contribution in [2.75, 3.05) is 0 Å². The van der Waals surface area contributed by atoms with Crippen LogP contribution in [0.5, 0.6) is 0 Å². The Morgan fingerprint density at radius 3 is 2.18 bits per heavy atom. The summed E-state index contributed by atoms with van der Waals surface area (Å²) in [5.74, 6) is 0.548. The zero-order valence-corrected chi connectivity index (χ0v) is 11.2. The molecule has 0 aliphatic heterocycles. The smallest absolute Gasteiger partial charge is 0.0776 e. The molecule has 1 unspecified atom stereocenters. The average Bonchev–Trinajstić information content (AvgIpc) is 2.74. The quantitative estimate of drug-likeness (QED) is 0.907. The van der Waals surface area contributed by atoms with E-state index in [1.54, 1.807) is 0 Å². The van der Waals surface area contributed by atoms with E-state index in [-0.39, 0.29) is 6.04 Å². The van der Waals surface area contributed by atoms with Crippen molar-refractivity contribution in [2.24, 2.45) is 5.73 Å². The van der Waals surface area contributed by atoms with Gasteiger partial charge >= 0.3 is 0 Å². The van der Waals surface area contributed by atoms with Gasteiger partial charge in [0, 0.05) is 0 Å². The third-order valence-electron chi connectivity index (χ3n) is 2.93. The van der Waals surface area contributed by atoms with Gasteiger partial charge in [-0.05, 0) is 35.5 Å². The van der Waals surface area contributed by atoms with E-state index >= 15 is 0 Å². The van der Waals surface area contributed by atoms with Crippen LogP contribution in [0.25, 0.3) is 0 Å². The van der Waals surface area contributed by atoms with Gasteiger partial charge in [0.25, 0.3) is 0 Å². The summed E-state index contributed by atoms with van der Waals surface area (Å²) >= 11 is 1.38. The second-order valence-electron chi connectivity index (χ2n) is 4.52. The van der Waals surface area contributed by atoms with E-state index in [1.807, 2.05) is 6.92 Å². The van der Waals surface area contributed by atoms with E-state index in [0.29, 0.717) is 5.92 Å². The van der Waals surface area contributed by atoms with E-state index in [0.717, 1.165) is 16.1 Å². The van der Waals surface area contributed by atoms with Gasteiger partial charge in [0.1, 0.15) is 0 Å². The van der Waals surface area contributed by atoms with E-state index < -0.39 is 0 Å². The van der Waals surface area contributed by atoms with Crippen molar-refractivity contribution in [1.82, 2.24) is 9.59 Å². The number of aromatic nitrogens is 2. The molecule has 2 aromatic rings. The topological polar surface area (TPSA) is 51.8 Å². The molecule has 0 spiro atoms. The maximum absolute atomic E-state index is 6.22. The molecule has 0 saturated heterocycles. The molecule has 17 heavy (non-hydrogen) atoms. The summed E-state index contributed by atoms with van der Waals surface area (Å²) in [4.78, 5) is 1.04. The molecular formula is C13H17N3S. The molecule has 1 atom stereocenters. The van der Waals surface area contributed by atoms with Gasteiger partial charge in [0.2, 0.25) is 0 Å². The fourth-order valence-electron chi connectivity index (χ4n) is 1.76. The lowest BCUT2D eigenvalue weighted by molar-refractivity contribution is 0.849. The molecule has 1 heterocycles. The molecule has 0 amide bonds. The van der Waals surface area contributed by atoms with Crippen molar-refractivity contribution in [3.63, 3.8) is 0 Å². The zero-order chi connectivity index (χ0) is 12.4. The van der Waals surface area contributed by atoms with Crippen LogP contribution in [-0.4, -0.2) is 9.59 Å². The zero-order valence-electron chi connectivity index (χ0n) is 10.3. The third kappa shape index (κ3) is 2.53. The molecule has 2 rings (SSSR count). The summed E-state index contributed by atoms with van der Waals surface area (Å²) in [6, 6.07) is 8.36. The lowest BCUT2D eigenvalue weighted by Gasteiger charge is -2.12. The van der Waals surface area contributed by atoms with Crippen LogP contribution in [0.15, 0.2) is 24.3 Å². The summed E-state index contributed by atoms with van der Waals surface area (Å²) in [5, 5.41) is 4.00. The van der Waals surface area contributed by atoms with Crippen molar-refractivity contribution >= 4 is 11.5 Å². The van der Waals surface area contributed by atoms with Crippen molar-refractivity contribution < 1.29 is 0 Å². The lowest BCUT2D eigenvalue weighted by atomic mass is 9.98. The number of benzene rings is 1. The normalized spacial score (nSPS) is 13.0. The summed E-state index contributed by atoms with van der Waals surface area (Å²) in [7, 11) is 0. The van der Waals surface area contributed by atoms with Crippen LogP contribution < -0.4 is 5.73 Å². The minimum atomic E-state index is -0.115. The Morgan fingerprint density at radius 1 is 1.12 bits per heavy atom. The highest BCUT2D eigenvalue weighted by molar-refractivity contribution is 7.05. The van der Waals surface area contributed by atoms with Crippen LogP contribution in [-0.2, 0) is 0 Å². The Labute approximate surface area is 106 Å². The summed E-state index contributed by atoms with van der Waals surface area (Å²) in [5.41, 5.74) is 9.59. The van der Waals surface area contributed by atoms with Gasteiger partial charge in [0.05, 0.1) is 16.6 Å². The summed E-state index contributed by atoms with van der Waals surface area (Å²) < 4.78 is 3.93. The Hall–Kier alpha value is -1.26. The highest BCUT2D eigenvalue weighted by atomic mass is 32.1. The van der Waals surface area contributed by atoms with Crippen LogP contribution in [0, 0.1) is 6.92 Å². The van der Waals surface area contributed by atoms with Gasteiger partial charge in [-0.1, -0.05) is 42.6 Å². The molecule has 0 aliphatic rings. The Balaban J connectivity index is 2.26. The number of aryl methyl sites for hydroxylation is 1. The summed E-state index contributed by atoms with van der Waals surface area (Å²) in [6.45, 7) is 6.32. The number of nitrogens with zero attached hydrogens (tertiary/aromatic N) is 2. The molecule has 0 aliphatic carbocycles. The largest absolute Gasteiger partial charge is 0.320 e. The first kappa shape index (κ1) is 12.2. The van der Waals surface area contributed by atoms with Crippen LogP contribution in [0.4, 0.5) is 0 Å². The maximum Gasteiger partial charge on any atom is 0.0776 e. The van der Waals surface area contributed by atoms with Crippen LogP contribution >= 0.6 is 11.5 Å². The first-order chi connectivity index (χ1) is 8.09. The molecule has 3 nitrogen and oxygen atoms in total. The Kier molecular flexibility index (Phi) is 3.54. The molecule has 0 bridgehead atoms. The summed E-state index contributed by atoms with van der Waals surface area (Å²) in [6.07, 6.45) is 0. The van der Waals surface area contributed by atoms with Crippen molar-refractivity contribution in [1.29, 1.82) is 0 Å². The van der Waals surface area contributed by atoms with E-state index in [1.165, 1.54) is 17.1 Å². The fourth-order valence-corrected chi connectivity index (χ4v) is 2.44. The van der Waals surface area contributed by atoms with Crippen molar-refractivity contribution in [3.05, 3.63) is 46.0 Å². The van der Waals surface area contributed by atoms with Gasteiger partial charge in [-0.25, -0.2) is 0 Å². The standard InChI is InChI=1S/C13H17N3S/c1-8(2)10-4-6-11(7-5-10)12(14)13-9(3)15-16-17-13/h4-8,12H,14H2,1-3H3. The van der Waals surface area contributed by atoms with Crippen LogP contribution in [0.1, 0.15) is 47.5 Å². The van der Waals surface area contributed by atoms with Crippen molar-refractivity contribution in [3.8, 4) is 0 Å². The SMILES string of the molecule is Cc1nnsc1C(N)c1ccc(C(C)C)cc1. The highest BCUT2D eigenvalue weighted by Gasteiger charge is 2.14. The molecule has 4 heteroatoms. The molecule has 0 saturated carbocycles. The van der Waals surface area contributed by atoms with Gasteiger partial charge in [-0.15, -0.1) is 5.10 Å². The van der Waals surface area contributed by atoms with Gasteiger partial charge in [-0.2, -0.15) is 0 Å². The lowest BCUT2D eigenvalue weighted by Crippen LogP contribution is -2.11. The maximum atomic E-state index is 6.22. The molecule has 2 N–H and O–H groups in total. The second kappa shape index (κ2) is 4.94. The molecule has 1 aromatic heterocycles. The van der Waals surface area contributed by atoms with Crippen molar-refractivity contribution in [2.45, 2.75) is 32.7 Å². The first-order valence-corrected chi connectivity index (χ1v) is 6.51. The minimum Gasteiger partial charge on any atom is -0.320 e. The number of hydrogen-bond donors (Lipinski definition) is 1. The average molecular weight is 247 g/mol. The number of rotatable bonds is 3. The monoisotopic (exact) mass is 247 g/mol. The first-order valence-electron chi connectivity index (χ1n) is 5.74. The fraction of sp³-hybridized carbons (Fsp3) is 0.385. The Morgan fingerprint density at radius 2 is 1.71 bits per heavy atom. The number of nitrogens with two attached hydrogens (primary N) is 1. The second-order valence-corrected chi connectivity index (χ2v) is 5.31. The minimum absolute atomic E-state index is 0.115. The predicted molar refractivity (Wildman–Crippen MR) is 71.2 cm³/mol. The Bertz CT molecular complexity index is 488. The van der Waals surface area contributed by atoms with Gasteiger partial charge in [-0.3, -0.25) is 0 Å². The molecule has 0 radical (unpaired) electrons. The number of hydrogen-bond acceptors (Lipinski definition) is 4.